The number of oxazole rings is 1. The van der Waals surface area contributed by atoms with Gasteiger partial charge in [-0.1, -0.05) is 18.2 Å². The molecule has 2 aromatic rings. The van der Waals surface area contributed by atoms with Crippen LogP contribution in [0, 0.1) is 0 Å². The minimum Gasteiger partial charge on any atom is -0.443 e. The van der Waals surface area contributed by atoms with Gasteiger partial charge in [-0.15, -0.1) is 0 Å². The summed E-state index contributed by atoms with van der Waals surface area (Å²) in [6, 6.07) is 10.1. The topological polar surface area (TPSA) is 38.1 Å². The van der Waals surface area contributed by atoms with Gasteiger partial charge in [0.1, 0.15) is 5.76 Å². The van der Waals surface area contributed by atoms with Crippen molar-refractivity contribution in [3.05, 3.63) is 47.7 Å². The number of fused-ring (bicyclic) bond motifs is 1. The summed E-state index contributed by atoms with van der Waals surface area (Å²) in [6.45, 7) is 0.664. The molecule has 1 aromatic carbocycles. The van der Waals surface area contributed by atoms with E-state index in [4.69, 9.17) is 4.42 Å². The monoisotopic (exact) mass is 228 g/mol. The first kappa shape index (κ1) is 10.4. The lowest BCUT2D eigenvalue weighted by molar-refractivity contribution is 0.444. The van der Waals surface area contributed by atoms with Crippen LogP contribution in [0.25, 0.3) is 0 Å². The van der Waals surface area contributed by atoms with Crippen molar-refractivity contribution in [3.8, 4) is 0 Å². The zero-order chi connectivity index (χ0) is 11.5. The van der Waals surface area contributed by atoms with E-state index in [0.717, 1.165) is 30.2 Å². The van der Waals surface area contributed by atoms with Gasteiger partial charge in [0, 0.05) is 12.1 Å². The van der Waals surface area contributed by atoms with E-state index >= 15 is 0 Å². The number of benzene rings is 1. The number of aromatic nitrogens is 1. The summed E-state index contributed by atoms with van der Waals surface area (Å²) in [7, 11) is 0. The third kappa shape index (κ3) is 2.33. The van der Waals surface area contributed by atoms with Crippen LogP contribution < -0.4 is 5.32 Å². The average molecular weight is 228 g/mol. The molecule has 1 aliphatic carbocycles. The van der Waals surface area contributed by atoms with Crippen molar-refractivity contribution in [2.75, 3.05) is 5.32 Å². The lowest BCUT2D eigenvalue weighted by Crippen LogP contribution is -2.00. The number of rotatable bonds is 3. The predicted molar refractivity (Wildman–Crippen MR) is 66.9 cm³/mol. The molecule has 0 saturated heterocycles. The van der Waals surface area contributed by atoms with Crippen molar-refractivity contribution >= 4 is 5.69 Å². The molecule has 0 saturated carbocycles. The van der Waals surface area contributed by atoms with Gasteiger partial charge in [-0.3, -0.25) is 0 Å². The predicted octanol–water partition coefficient (Wildman–Crippen LogP) is 3.17. The average Bonchev–Trinajstić information content (AvgIpc) is 2.80. The van der Waals surface area contributed by atoms with Gasteiger partial charge in [-0.25, -0.2) is 4.98 Å². The molecule has 0 aliphatic heterocycles. The summed E-state index contributed by atoms with van der Waals surface area (Å²) in [5, 5.41) is 3.31. The first-order valence-electron chi connectivity index (χ1n) is 6.18. The Balaban J connectivity index is 1.67. The Kier molecular flexibility index (Phi) is 2.82. The molecule has 0 amide bonds. The molecule has 0 radical (unpaired) electrons. The summed E-state index contributed by atoms with van der Waals surface area (Å²) in [5.74, 6) is 1.90. The third-order valence-corrected chi connectivity index (χ3v) is 3.11. The van der Waals surface area contributed by atoms with E-state index in [1.54, 1.807) is 0 Å². The second-order valence-electron chi connectivity index (χ2n) is 4.40. The second kappa shape index (κ2) is 4.62. The van der Waals surface area contributed by atoms with Crippen molar-refractivity contribution in [3.63, 3.8) is 0 Å². The molecule has 1 heterocycles. The highest BCUT2D eigenvalue weighted by Gasteiger charge is 2.16. The van der Waals surface area contributed by atoms with Crippen LogP contribution in [0.4, 0.5) is 5.69 Å². The lowest BCUT2D eigenvalue weighted by Gasteiger charge is -2.05. The van der Waals surface area contributed by atoms with Gasteiger partial charge in [0.05, 0.1) is 12.2 Å². The standard InChI is InChI=1S/C14H16N2O/c1-2-6-11(7-3-1)15-10-14-16-12-8-4-5-9-13(12)17-14/h1-3,6-7,15H,4-5,8-10H2. The van der Waals surface area contributed by atoms with E-state index in [2.05, 4.69) is 10.3 Å². The van der Waals surface area contributed by atoms with Crippen molar-refractivity contribution in [1.82, 2.24) is 4.98 Å². The molecule has 3 rings (SSSR count). The van der Waals surface area contributed by atoms with Crippen molar-refractivity contribution in [1.29, 1.82) is 0 Å². The van der Waals surface area contributed by atoms with E-state index in [-0.39, 0.29) is 0 Å². The molecule has 0 unspecified atom stereocenters. The summed E-state index contributed by atoms with van der Waals surface area (Å²) in [4.78, 5) is 4.54. The minimum absolute atomic E-state index is 0.664. The van der Waals surface area contributed by atoms with E-state index in [1.165, 1.54) is 18.5 Å². The Morgan fingerprint density at radius 1 is 1.12 bits per heavy atom. The zero-order valence-corrected chi connectivity index (χ0v) is 9.78. The minimum atomic E-state index is 0.664. The number of hydrogen-bond acceptors (Lipinski definition) is 3. The fourth-order valence-corrected chi connectivity index (χ4v) is 2.21. The molecule has 1 aliphatic rings. The van der Waals surface area contributed by atoms with Crippen LogP contribution >= 0.6 is 0 Å². The Bertz CT molecular complexity index is 467. The highest BCUT2D eigenvalue weighted by molar-refractivity contribution is 5.42. The molecule has 0 bridgehead atoms. The summed E-state index contributed by atoms with van der Waals surface area (Å²) in [5.41, 5.74) is 2.27. The van der Waals surface area contributed by atoms with Crippen molar-refractivity contribution in [2.45, 2.75) is 32.2 Å². The van der Waals surface area contributed by atoms with E-state index in [1.807, 2.05) is 30.3 Å². The summed E-state index contributed by atoms with van der Waals surface area (Å²) in [6.07, 6.45) is 4.59. The Morgan fingerprint density at radius 2 is 1.94 bits per heavy atom. The number of nitrogens with one attached hydrogen (secondary N) is 1. The van der Waals surface area contributed by atoms with Crippen LogP contribution in [-0.4, -0.2) is 4.98 Å². The van der Waals surface area contributed by atoms with E-state index < -0.39 is 0 Å². The van der Waals surface area contributed by atoms with Gasteiger partial charge in [0.2, 0.25) is 5.89 Å². The number of anilines is 1. The van der Waals surface area contributed by atoms with Crippen LogP contribution in [0.5, 0.6) is 0 Å². The molecule has 0 fully saturated rings. The third-order valence-electron chi connectivity index (χ3n) is 3.11. The molecule has 0 atom stereocenters. The maximum atomic E-state index is 5.75. The van der Waals surface area contributed by atoms with Gasteiger partial charge < -0.3 is 9.73 Å². The summed E-state index contributed by atoms with van der Waals surface area (Å²) >= 11 is 0. The molecule has 17 heavy (non-hydrogen) atoms. The highest BCUT2D eigenvalue weighted by atomic mass is 16.4. The van der Waals surface area contributed by atoms with Crippen LogP contribution in [-0.2, 0) is 19.4 Å². The van der Waals surface area contributed by atoms with Gasteiger partial charge in [-0.05, 0) is 31.4 Å². The lowest BCUT2D eigenvalue weighted by atomic mass is 10.0. The molecular weight excluding hydrogens is 212 g/mol. The molecule has 3 nitrogen and oxygen atoms in total. The van der Waals surface area contributed by atoms with Crippen molar-refractivity contribution < 1.29 is 4.42 Å². The smallest absolute Gasteiger partial charge is 0.213 e. The second-order valence-corrected chi connectivity index (χ2v) is 4.40. The summed E-state index contributed by atoms with van der Waals surface area (Å²) < 4.78 is 5.75. The fraction of sp³-hybridized carbons (Fsp3) is 0.357. The zero-order valence-electron chi connectivity index (χ0n) is 9.78. The number of para-hydroxylation sites is 1. The van der Waals surface area contributed by atoms with Crippen LogP contribution in [0.1, 0.15) is 30.2 Å². The quantitative estimate of drug-likeness (QED) is 0.876. The van der Waals surface area contributed by atoms with Crippen molar-refractivity contribution in [2.24, 2.45) is 0 Å². The first-order chi connectivity index (χ1) is 8.42. The van der Waals surface area contributed by atoms with Crippen LogP contribution in [0.3, 0.4) is 0 Å². The molecule has 1 N–H and O–H groups in total. The normalized spacial score (nSPS) is 14.4. The maximum absolute atomic E-state index is 5.75. The Morgan fingerprint density at radius 3 is 2.76 bits per heavy atom. The number of hydrogen-bond donors (Lipinski definition) is 1. The highest BCUT2D eigenvalue weighted by Crippen LogP contribution is 2.22. The van der Waals surface area contributed by atoms with E-state index in [0.29, 0.717) is 6.54 Å². The molecule has 88 valence electrons. The van der Waals surface area contributed by atoms with Gasteiger partial charge >= 0.3 is 0 Å². The molecular formula is C14H16N2O. The number of nitrogens with zero attached hydrogens (tertiary/aromatic N) is 1. The SMILES string of the molecule is c1ccc(NCc2nc3c(o2)CCCC3)cc1. The number of aryl methyl sites for hydroxylation is 2. The van der Waals surface area contributed by atoms with Gasteiger partial charge in [0.15, 0.2) is 0 Å². The molecule has 3 heteroatoms. The molecule has 0 spiro atoms. The largest absolute Gasteiger partial charge is 0.443 e. The Labute approximate surface area is 101 Å². The van der Waals surface area contributed by atoms with Gasteiger partial charge in [0.25, 0.3) is 0 Å². The molecule has 1 aromatic heterocycles. The van der Waals surface area contributed by atoms with Crippen LogP contribution in [0.2, 0.25) is 0 Å². The Hall–Kier alpha value is -1.77. The van der Waals surface area contributed by atoms with Gasteiger partial charge in [-0.2, -0.15) is 0 Å². The van der Waals surface area contributed by atoms with Crippen LogP contribution in [0.15, 0.2) is 34.7 Å². The van der Waals surface area contributed by atoms with E-state index in [9.17, 15) is 0 Å². The first-order valence-corrected chi connectivity index (χ1v) is 6.18. The fourth-order valence-electron chi connectivity index (χ4n) is 2.21. The maximum Gasteiger partial charge on any atom is 0.213 e.